The van der Waals surface area contributed by atoms with Crippen molar-refractivity contribution >= 4 is 46.1 Å². The van der Waals surface area contributed by atoms with Gasteiger partial charge < -0.3 is 0 Å². The van der Waals surface area contributed by atoms with Crippen molar-refractivity contribution in [3.63, 3.8) is 0 Å². The summed E-state index contributed by atoms with van der Waals surface area (Å²) in [5, 5.41) is 7.73. The second-order valence-corrected chi connectivity index (χ2v) is 8.53. The van der Waals surface area contributed by atoms with Gasteiger partial charge in [0.05, 0.1) is 11.2 Å². The minimum absolute atomic E-state index is 0.0559. The van der Waals surface area contributed by atoms with E-state index in [1.54, 1.807) is 18.2 Å². The van der Waals surface area contributed by atoms with Crippen LogP contribution in [0.3, 0.4) is 0 Å². The molecule has 2 unspecified atom stereocenters. The number of carbonyl (C=O) groups is 1. The number of benzene rings is 3. The minimum atomic E-state index is -0.379. The highest BCUT2D eigenvalue weighted by Crippen LogP contribution is 2.36. The molecule has 1 amide bonds. The number of hydrogen-bond donors (Lipinski definition) is 3. The molecule has 30 heavy (non-hydrogen) atoms. The third kappa shape index (κ3) is 3.59. The largest absolute Gasteiger partial charge is 0.271 e. The Labute approximate surface area is 184 Å². The van der Waals surface area contributed by atoms with Crippen molar-refractivity contribution in [1.29, 1.82) is 0 Å². The van der Waals surface area contributed by atoms with E-state index in [0.717, 1.165) is 12.8 Å². The minimum Gasteiger partial charge on any atom is -0.271 e. The standard InChI is InChI=1S/C23H20Cl2N4O/c24-16-8-6-15(19(25)10-16)12-26-29-23(30)21-11-20(27-28-21)17-9-7-14-5-4-13-2-1-3-18(17)22(13)14/h1-3,6-10,12,20-21,27-28H,4-5,11H2,(H,29,30)/b26-12+. The van der Waals surface area contributed by atoms with Gasteiger partial charge in [0.25, 0.3) is 5.91 Å². The first-order valence-electron chi connectivity index (χ1n) is 9.92. The highest BCUT2D eigenvalue weighted by Gasteiger charge is 2.31. The summed E-state index contributed by atoms with van der Waals surface area (Å²) in [6, 6.07) is 15.7. The zero-order chi connectivity index (χ0) is 20.7. The SMILES string of the molecule is O=C(N/N=C/c1ccc(Cl)cc1Cl)C1CC(c2ccc3c4c(cccc24)CC3)NN1. The maximum absolute atomic E-state index is 12.6. The summed E-state index contributed by atoms with van der Waals surface area (Å²) in [7, 11) is 0. The molecule has 1 fully saturated rings. The van der Waals surface area contributed by atoms with Gasteiger partial charge in [-0.05, 0) is 58.9 Å². The van der Waals surface area contributed by atoms with E-state index in [4.69, 9.17) is 23.2 Å². The van der Waals surface area contributed by atoms with Gasteiger partial charge in [0.15, 0.2) is 0 Å². The van der Waals surface area contributed by atoms with E-state index < -0.39 is 0 Å². The molecule has 1 heterocycles. The lowest BCUT2D eigenvalue weighted by Gasteiger charge is -2.14. The van der Waals surface area contributed by atoms with Gasteiger partial charge >= 0.3 is 0 Å². The smallest absolute Gasteiger partial charge is 0.258 e. The molecule has 3 aromatic carbocycles. The van der Waals surface area contributed by atoms with Gasteiger partial charge in [0, 0.05) is 16.6 Å². The van der Waals surface area contributed by atoms with Crippen LogP contribution in [0, 0.1) is 0 Å². The normalized spacial score (nSPS) is 20.3. The van der Waals surface area contributed by atoms with E-state index in [-0.39, 0.29) is 18.0 Å². The van der Waals surface area contributed by atoms with Gasteiger partial charge in [-0.3, -0.25) is 4.79 Å². The lowest BCUT2D eigenvalue weighted by Crippen LogP contribution is -2.41. The third-order valence-corrected chi connectivity index (χ3v) is 6.41. The number of hydrogen-bond acceptors (Lipinski definition) is 4. The summed E-state index contributed by atoms with van der Waals surface area (Å²) in [4.78, 5) is 12.6. The van der Waals surface area contributed by atoms with Crippen molar-refractivity contribution in [2.75, 3.05) is 0 Å². The first-order chi connectivity index (χ1) is 14.6. The van der Waals surface area contributed by atoms with Crippen LogP contribution in [0.5, 0.6) is 0 Å². The lowest BCUT2D eigenvalue weighted by molar-refractivity contribution is -0.122. The predicted octanol–water partition coefficient (Wildman–Crippen LogP) is 4.30. The average Bonchev–Trinajstić information content (AvgIpc) is 3.39. The van der Waals surface area contributed by atoms with Crippen LogP contribution in [0.15, 0.2) is 53.6 Å². The van der Waals surface area contributed by atoms with Gasteiger partial charge in [-0.2, -0.15) is 5.10 Å². The van der Waals surface area contributed by atoms with Crippen LogP contribution in [0.4, 0.5) is 0 Å². The molecule has 0 saturated carbocycles. The maximum atomic E-state index is 12.6. The van der Waals surface area contributed by atoms with Crippen molar-refractivity contribution in [1.82, 2.24) is 16.3 Å². The number of hydrazine groups is 1. The van der Waals surface area contributed by atoms with Crippen molar-refractivity contribution < 1.29 is 4.79 Å². The number of halogens is 2. The highest BCUT2D eigenvalue weighted by atomic mass is 35.5. The molecule has 152 valence electrons. The Bertz CT molecular complexity index is 1170. The van der Waals surface area contributed by atoms with Gasteiger partial charge in [0.2, 0.25) is 0 Å². The Morgan fingerprint density at radius 1 is 1.07 bits per heavy atom. The Morgan fingerprint density at radius 2 is 1.90 bits per heavy atom. The van der Waals surface area contributed by atoms with Crippen molar-refractivity contribution in [3.8, 4) is 0 Å². The zero-order valence-corrected chi connectivity index (χ0v) is 17.6. The van der Waals surface area contributed by atoms with E-state index in [1.807, 2.05) is 0 Å². The van der Waals surface area contributed by atoms with E-state index in [9.17, 15) is 4.79 Å². The van der Waals surface area contributed by atoms with Gasteiger partial charge in [-0.25, -0.2) is 16.3 Å². The highest BCUT2D eigenvalue weighted by molar-refractivity contribution is 6.36. The molecule has 3 N–H and O–H groups in total. The molecule has 0 aromatic heterocycles. The number of carbonyl (C=O) groups excluding carboxylic acids is 1. The maximum Gasteiger partial charge on any atom is 0.258 e. The van der Waals surface area contributed by atoms with Crippen molar-refractivity contribution in [3.05, 3.63) is 80.8 Å². The van der Waals surface area contributed by atoms with Crippen LogP contribution in [0.1, 0.15) is 34.7 Å². The number of nitrogens with one attached hydrogen (secondary N) is 3. The van der Waals surface area contributed by atoms with Crippen LogP contribution < -0.4 is 16.3 Å². The summed E-state index contributed by atoms with van der Waals surface area (Å²) >= 11 is 12.0. The average molecular weight is 439 g/mol. The summed E-state index contributed by atoms with van der Waals surface area (Å²) < 4.78 is 0. The summed E-state index contributed by atoms with van der Waals surface area (Å²) in [6.45, 7) is 0. The van der Waals surface area contributed by atoms with Crippen molar-refractivity contribution in [2.45, 2.75) is 31.3 Å². The fourth-order valence-electron chi connectivity index (χ4n) is 4.35. The summed E-state index contributed by atoms with van der Waals surface area (Å²) in [5.41, 5.74) is 13.7. The van der Waals surface area contributed by atoms with Gasteiger partial charge in [-0.15, -0.1) is 0 Å². The number of amides is 1. The molecule has 1 aliphatic carbocycles. The molecule has 1 saturated heterocycles. The second kappa shape index (κ2) is 8.00. The molecule has 3 aromatic rings. The molecule has 0 spiro atoms. The molecule has 5 nitrogen and oxygen atoms in total. The molecule has 2 atom stereocenters. The van der Waals surface area contributed by atoms with E-state index in [2.05, 4.69) is 51.7 Å². The molecular formula is C23H20Cl2N4O. The second-order valence-electron chi connectivity index (χ2n) is 7.68. The molecular weight excluding hydrogens is 419 g/mol. The molecule has 2 aliphatic rings. The van der Waals surface area contributed by atoms with E-state index in [1.165, 1.54) is 33.7 Å². The molecule has 0 bridgehead atoms. The first-order valence-corrected chi connectivity index (χ1v) is 10.7. The fourth-order valence-corrected chi connectivity index (χ4v) is 4.81. The van der Waals surface area contributed by atoms with E-state index in [0.29, 0.717) is 22.0 Å². The molecule has 5 rings (SSSR count). The van der Waals surface area contributed by atoms with Crippen LogP contribution in [-0.4, -0.2) is 18.2 Å². The Balaban J connectivity index is 1.28. The fraction of sp³-hybridized carbons (Fsp3) is 0.217. The predicted molar refractivity (Wildman–Crippen MR) is 121 cm³/mol. The summed E-state index contributed by atoms with van der Waals surface area (Å²) in [6.07, 6.45) is 4.36. The van der Waals surface area contributed by atoms with Crippen LogP contribution in [0.2, 0.25) is 10.0 Å². The number of nitrogens with zero attached hydrogens (tertiary/aromatic N) is 1. The Hall–Kier alpha value is -2.44. The zero-order valence-electron chi connectivity index (χ0n) is 16.1. The lowest BCUT2D eigenvalue weighted by atomic mass is 9.93. The Morgan fingerprint density at radius 3 is 2.73 bits per heavy atom. The molecule has 0 radical (unpaired) electrons. The monoisotopic (exact) mass is 438 g/mol. The third-order valence-electron chi connectivity index (χ3n) is 5.85. The van der Waals surface area contributed by atoms with Gasteiger partial charge in [0.1, 0.15) is 6.04 Å². The quantitative estimate of drug-likeness (QED) is 0.420. The molecule has 1 aliphatic heterocycles. The number of aryl methyl sites for hydroxylation is 2. The number of hydrazone groups is 1. The van der Waals surface area contributed by atoms with Crippen molar-refractivity contribution in [2.24, 2.45) is 5.10 Å². The first kappa shape index (κ1) is 19.5. The number of rotatable bonds is 4. The molecule has 7 heteroatoms. The topological polar surface area (TPSA) is 65.5 Å². The van der Waals surface area contributed by atoms with E-state index >= 15 is 0 Å². The van der Waals surface area contributed by atoms with Crippen LogP contribution in [-0.2, 0) is 17.6 Å². The van der Waals surface area contributed by atoms with Crippen LogP contribution in [0.25, 0.3) is 10.8 Å². The Kier molecular flexibility index (Phi) is 5.21. The van der Waals surface area contributed by atoms with Crippen LogP contribution >= 0.6 is 23.2 Å². The summed E-state index contributed by atoms with van der Waals surface area (Å²) in [5.74, 6) is -0.197. The van der Waals surface area contributed by atoms with Gasteiger partial charge in [-0.1, -0.05) is 59.6 Å².